The summed E-state index contributed by atoms with van der Waals surface area (Å²) in [5, 5.41) is 1.13. The van der Waals surface area contributed by atoms with Gasteiger partial charge in [-0.2, -0.15) is 0 Å². The van der Waals surface area contributed by atoms with Gasteiger partial charge in [0, 0.05) is 16.8 Å². The summed E-state index contributed by atoms with van der Waals surface area (Å²) in [7, 11) is 0. The molecule has 3 rings (SSSR count). The standard InChI is InChI=1S/C22H24N2O4S/c1-6-29-22-13(4)19(25)16-10-11(2)9-15(20(16)28-22)14(5)27-17-8-7-12(3)24-18(17)21(23)26/h7-10,14H,6H2,1-5H3,(H2,23,26)/t14-/m1/s1. The number of nitrogens with two attached hydrogens (primary N) is 1. The summed E-state index contributed by atoms with van der Waals surface area (Å²) in [5.74, 6) is 0.427. The van der Waals surface area contributed by atoms with Crippen LogP contribution in [0.15, 0.2) is 38.6 Å². The normalized spacial score (nSPS) is 12.2. The first-order valence-electron chi connectivity index (χ1n) is 9.37. The van der Waals surface area contributed by atoms with Crippen LogP contribution in [-0.2, 0) is 0 Å². The molecule has 3 aromatic rings. The number of nitrogens with zero attached hydrogens (tertiary/aromatic N) is 1. The molecule has 0 saturated heterocycles. The van der Waals surface area contributed by atoms with Crippen LogP contribution < -0.4 is 15.9 Å². The van der Waals surface area contributed by atoms with Crippen molar-refractivity contribution in [3.63, 3.8) is 0 Å². The summed E-state index contributed by atoms with van der Waals surface area (Å²) in [4.78, 5) is 28.9. The van der Waals surface area contributed by atoms with Gasteiger partial charge in [0.2, 0.25) is 0 Å². The van der Waals surface area contributed by atoms with Gasteiger partial charge in [0.05, 0.1) is 5.39 Å². The van der Waals surface area contributed by atoms with Crippen molar-refractivity contribution in [3.8, 4) is 5.75 Å². The number of primary amides is 1. The van der Waals surface area contributed by atoms with Gasteiger partial charge < -0.3 is 14.9 Å². The maximum atomic E-state index is 12.9. The molecule has 1 atom stereocenters. The molecular formula is C22H24N2O4S. The van der Waals surface area contributed by atoms with E-state index < -0.39 is 12.0 Å². The Morgan fingerprint density at radius 3 is 2.66 bits per heavy atom. The second-order valence-corrected chi connectivity index (χ2v) is 8.17. The highest BCUT2D eigenvalue weighted by atomic mass is 32.2. The zero-order chi connectivity index (χ0) is 21.3. The predicted molar refractivity (Wildman–Crippen MR) is 115 cm³/mol. The quantitative estimate of drug-likeness (QED) is 0.601. The van der Waals surface area contributed by atoms with Gasteiger partial charge in [-0.15, -0.1) is 0 Å². The van der Waals surface area contributed by atoms with E-state index in [9.17, 15) is 9.59 Å². The Kier molecular flexibility index (Phi) is 5.98. The lowest BCUT2D eigenvalue weighted by molar-refractivity contribution is 0.0988. The second kappa shape index (κ2) is 8.29. The molecule has 0 fully saturated rings. The maximum Gasteiger partial charge on any atom is 0.271 e. The lowest BCUT2D eigenvalue weighted by atomic mass is 10.0. The van der Waals surface area contributed by atoms with Crippen LogP contribution in [0.3, 0.4) is 0 Å². The van der Waals surface area contributed by atoms with E-state index >= 15 is 0 Å². The number of carbonyl (C=O) groups is 1. The third-order valence-corrected chi connectivity index (χ3v) is 5.54. The van der Waals surface area contributed by atoms with Crippen LogP contribution in [0.1, 0.15) is 52.8 Å². The summed E-state index contributed by atoms with van der Waals surface area (Å²) in [5.41, 5.74) is 8.90. The van der Waals surface area contributed by atoms with Crippen molar-refractivity contribution < 1.29 is 13.9 Å². The number of carbonyl (C=O) groups excluding carboxylic acids is 1. The number of rotatable bonds is 6. The van der Waals surface area contributed by atoms with Gasteiger partial charge in [0.15, 0.2) is 22.0 Å². The SMILES string of the molecule is CCSc1oc2c([C@@H](C)Oc3ccc(C)nc3C(N)=O)cc(C)cc2c(=O)c1C. The molecular weight excluding hydrogens is 388 g/mol. The minimum atomic E-state index is -0.659. The topological polar surface area (TPSA) is 95.4 Å². The number of benzene rings is 1. The van der Waals surface area contributed by atoms with E-state index in [2.05, 4.69) is 4.98 Å². The lowest BCUT2D eigenvalue weighted by Crippen LogP contribution is -2.17. The summed E-state index contributed by atoms with van der Waals surface area (Å²) >= 11 is 1.49. The molecule has 0 radical (unpaired) electrons. The van der Waals surface area contributed by atoms with Gasteiger partial charge in [-0.25, -0.2) is 4.98 Å². The van der Waals surface area contributed by atoms with Crippen molar-refractivity contribution >= 4 is 28.6 Å². The van der Waals surface area contributed by atoms with Crippen LogP contribution in [0.25, 0.3) is 11.0 Å². The van der Waals surface area contributed by atoms with Gasteiger partial charge >= 0.3 is 0 Å². The van der Waals surface area contributed by atoms with Gasteiger partial charge in [-0.3, -0.25) is 9.59 Å². The van der Waals surface area contributed by atoms with E-state index in [4.69, 9.17) is 14.9 Å². The van der Waals surface area contributed by atoms with Crippen molar-refractivity contribution in [1.29, 1.82) is 0 Å². The lowest BCUT2D eigenvalue weighted by Gasteiger charge is -2.19. The molecule has 0 bridgehead atoms. The predicted octanol–water partition coefficient (Wildman–Crippen LogP) is 4.46. The molecule has 7 heteroatoms. The molecule has 0 unspecified atom stereocenters. The number of thioether (sulfide) groups is 1. The highest BCUT2D eigenvalue weighted by Gasteiger charge is 2.21. The van der Waals surface area contributed by atoms with E-state index in [1.807, 2.05) is 32.9 Å². The Bertz CT molecular complexity index is 1150. The molecule has 1 amide bonds. The number of aryl methyl sites for hydroxylation is 2. The van der Waals surface area contributed by atoms with Gasteiger partial charge in [0.25, 0.3) is 5.91 Å². The number of amides is 1. The minimum Gasteiger partial charge on any atom is -0.483 e. The fraction of sp³-hybridized carbons (Fsp3) is 0.318. The minimum absolute atomic E-state index is 0.0471. The van der Waals surface area contributed by atoms with Crippen LogP contribution in [0, 0.1) is 20.8 Å². The van der Waals surface area contributed by atoms with Gasteiger partial charge in [-0.1, -0.05) is 18.7 Å². The first kappa shape index (κ1) is 20.9. The number of hydrogen-bond donors (Lipinski definition) is 1. The van der Waals surface area contributed by atoms with Crippen LogP contribution in [0.5, 0.6) is 5.75 Å². The average molecular weight is 413 g/mol. The van der Waals surface area contributed by atoms with E-state index in [1.54, 1.807) is 26.0 Å². The monoisotopic (exact) mass is 412 g/mol. The largest absolute Gasteiger partial charge is 0.483 e. The zero-order valence-corrected chi connectivity index (χ0v) is 18.0. The smallest absolute Gasteiger partial charge is 0.271 e. The number of fused-ring (bicyclic) bond motifs is 1. The van der Waals surface area contributed by atoms with Crippen LogP contribution in [0.2, 0.25) is 0 Å². The molecule has 0 aliphatic rings. The molecule has 0 aliphatic heterocycles. The number of aromatic nitrogens is 1. The van der Waals surface area contributed by atoms with Crippen molar-refractivity contribution in [1.82, 2.24) is 4.98 Å². The Morgan fingerprint density at radius 2 is 2.00 bits per heavy atom. The highest BCUT2D eigenvalue weighted by molar-refractivity contribution is 7.99. The summed E-state index contributed by atoms with van der Waals surface area (Å²) in [6.45, 7) is 9.32. The number of hydrogen-bond acceptors (Lipinski definition) is 6. The zero-order valence-electron chi connectivity index (χ0n) is 17.2. The second-order valence-electron chi connectivity index (χ2n) is 6.93. The number of pyridine rings is 1. The fourth-order valence-electron chi connectivity index (χ4n) is 3.19. The molecule has 6 nitrogen and oxygen atoms in total. The van der Waals surface area contributed by atoms with E-state index in [1.165, 1.54) is 11.8 Å². The summed E-state index contributed by atoms with van der Waals surface area (Å²) in [6.07, 6.45) is -0.495. The Hall–Kier alpha value is -2.80. The fourth-order valence-corrected chi connectivity index (χ4v) is 3.90. The molecule has 29 heavy (non-hydrogen) atoms. The molecule has 2 aromatic heterocycles. The van der Waals surface area contributed by atoms with Crippen LogP contribution >= 0.6 is 11.8 Å². The average Bonchev–Trinajstić information content (AvgIpc) is 2.67. The van der Waals surface area contributed by atoms with Crippen molar-refractivity contribution in [2.75, 3.05) is 5.75 Å². The van der Waals surface area contributed by atoms with Crippen LogP contribution in [-0.4, -0.2) is 16.6 Å². The molecule has 2 N–H and O–H groups in total. The highest BCUT2D eigenvalue weighted by Crippen LogP contribution is 2.32. The molecule has 2 heterocycles. The first-order valence-corrected chi connectivity index (χ1v) is 10.4. The maximum absolute atomic E-state index is 12.9. The third-order valence-electron chi connectivity index (χ3n) is 4.60. The van der Waals surface area contributed by atoms with Gasteiger partial charge in [-0.05, 0) is 63.3 Å². The van der Waals surface area contributed by atoms with Crippen molar-refractivity contribution in [3.05, 3.63) is 62.6 Å². The van der Waals surface area contributed by atoms with Gasteiger partial charge in [0.1, 0.15) is 11.7 Å². The Balaban J connectivity index is 2.14. The first-order chi connectivity index (χ1) is 13.7. The Morgan fingerprint density at radius 1 is 1.28 bits per heavy atom. The molecule has 0 spiro atoms. The molecule has 0 saturated carbocycles. The third kappa shape index (κ3) is 4.15. The number of ether oxygens (including phenoxy) is 1. The van der Waals surface area contributed by atoms with Crippen LogP contribution in [0.4, 0.5) is 0 Å². The Labute approximate surface area is 173 Å². The van der Waals surface area contributed by atoms with E-state index in [0.29, 0.717) is 33.1 Å². The summed E-state index contributed by atoms with van der Waals surface area (Å²) < 4.78 is 12.2. The molecule has 1 aromatic carbocycles. The van der Waals surface area contributed by atoms with E-state index in [0.717, 1.165) is 16.9 Å². The molecule has 152 valence electrons. The van der Waals surface area contributed by atoms with Crippen molar-refractivity contribution in [2.24, 2.45) is 5.73 Å². The summed E-state index contributed by atoms with van der Waals surface area (Å²) in [6, 6.07) is 7.18. The van der Waals surface area contributed by atoms with Crippen molar-refractivity contribution in [2.45, 2.75) is 45.8 Å². The molecule has 0 aliphatic carbocycles. The van der Waals surface area contributed by atoms with E-state index in [-0.39, 0.29) is 11.1 Å².